The van der Waals surface area contributed by atoms with Crippen LogP contribution in [-0.4, -0.2) is 27.2 Å². The summed E-state index contributed by atoms with van der Waals surface area (Å²) >= 11 is 1.02. The minimum absolute atomic E-state index is 0.0591. The highest BCUT2D eigenvalue weighted by molar-refractivity contribution is 7.15. The van der Waals surface area contributed by atoms with Gasteiger partial charge in [-0.05, 0) is 18.2 Å². The Morgan fingerprint density at radius 1 is 1.24 bits per heavy atom. The molecule has 0 aliphatic rings. The van der Waals surface area contributed by atoms with E-state index >= 15 is 0 Å². The first-order valence-electron chi connectivity index (χ1n) is 5.76. The maximum atomic E-state index is 13.0. The third-order valence-corrected chi connectivity index (χ3v) is 3.32. The molecule has 2 aromatic rings. The van der Waals surface area contributed by atoms with Gasteiger partial charge in [-0.25, -0.2) is 8.78 Å². The van der Waals surface area contributed by atoms with Gasteiger partial charge in [0.1, 0.15) is 5.01 Å². The number of aryl methyl sites for hydroxylation is 1. The van der Waals surface area contributed by atoms with Gasteiger partial charge in [0.05, 0.1) is 6.42 Å². The molecule has 0 saturated heterocycles. The molecule has 0 radical (unpaired) electrons. The largest absolute Gasteiger partial charge is 0.481 e. The molecule has 0 aliphatic heterocycles. The zero-order valence-electron chi connectivity index (χ0n) is 10.5. The van der Waals surface area contributed by atoms with Crippen molar-refractivity contribution in [1.82, 2.24) is 10.2 Å². The van der Waals surface area contributed by atoms with Crippen LogP contribution in [0.15, 0.2) is 18.2 Å². The lowest BCUT2D eigenvalue weighted by atomic mass is 10.2. The van der Waals surface area contributed by atoms with E-state index in [4.69, 9.17) is 5.11 Å². The molecule has 0 fully saturated rings. The molecule has 2 N–H and O–H groups in total. The number of aliphatic carboxylic acids is 1. The van der Waals surface area contributed by atoms with E-state index in [0.717, 1.165) is 29.5 Å². The summed E-state index contributed by atoms with van der Waals surface area (Å²) in [5, 5.41) is 18.9. The fourth-order valence-corrected chi connectivity index (χ4v) is 2.16. The van der Waals surface area contributed by atoms with Crippen LogP contribution in [0, 0.1) is 11.6 Å². The number of amides is 1. The third kappa shape index (κ3) is 4.02. The zero-order chi connectivity index (χ0) is 15.4. The number of nitrogens with zero attached hydrogens (tertiary/aromatic N) is 2. The van der Waals surface area contributed by atoms with Crippen LogP contribution in [-0.2, 0) is 11.2 Å². The molecular formula is C12H9F2N3O3S. The normalized spacial score (nSPS) is 10.4. The van der Waals surface area contributed by atoms with Gasteiger partial charge in [-0.2, -0.15) is 0 Å². The van der Waals surface area contributed by atoms with Crippen molar-refractivity contribution in [1.29, 1.82) is 0 Å². The quantitative estimate of drug-likeness (QED) is 0.881. The highest BCUT2D eigenvalue weighted by Gasteiger charge is 2.13. The number of carboxylic acids is 1. The molecule has 0 unspecified atom stereocenters. The van der Waals surface area contributed by atoms with Gasteiger partial charge in [-0.1, -0.05) is 11.3 Å². The van der Waals surface area contributed by atoms with Crippen molar-refractivity contribution in [3.63, 3.8) is 0 Å². The number of aromatic nitrogens is 2. The molecule has 1 aromatic carbocycles. The molecule has 0 bridgehead atoms. The molecule has 1 aromatic heterocycles. The minimum atomic E-state index is -1.12. The maximum Gasteiger partial charge on any atom is 0.303 e. The zero-order valence-corrected chi connectivity index (χ0v) is 11.3. The van der Waals surface area contributed by atoms with E-state index in [1.807, 2.05) is 0 Å². The van der Waals surface area contributed by atoms with Crippen molar-refractivity contribution in [2.45, 2.75) is 12.8 Å². The van der Waals surface area contributed by atoms with E-state index in [9.17, 15) is 18.4 Å². The molecule has 0 aliphatic carbocycles. The van der Waals surface area contributed by atoms with Crippen LogP contribution in [0.1, 0.15) is 21.8 Å². The Kier molecular flexibility index (Phi) is 4.53. The second kappa shape index (κ2) is 6.35. The van der Waals surface area contributed by atoms with Gasteiger partial charge < -0.3 is 5.11 Å². The number of carboxylic acid groups (broad SMARTS) is 1. The van der Waals surface area contributed by atoms with Crippen molar-refractivity contribution < 1.29 is 23.5 Å². The van der Waals surface area contributed by atoms with Crippen LogP contribution in [0.4, 0.5) is 13.9 Å². The van der Waals surface area contributed by atoms with E-state index in [2.05, 4.69) is 15.5 Å². The van der Waals surface area contributed by atoms with Gasteiger partial charge in [-0.3, -0.25) is 14.9 Å². The predicted octanol–water partition coefficient (Wildman–Crippen LogP) is 2.09. The highest BCUT2D eigenvalue weighted by atomic mass is 32.1. The SMILES string of the molecule is O=C(O)CCc1nnc(NC(=O)c2ccc(F)c(F)c2)s1. The van der Waals surface area contributed by atoms with E-state index in [1.54, 1.807) is 0 Å². The van der Waals surface area contributed by atoms with Gasteiger partial charge in [0.15, 0.2) is 11.6 Å². The summed E-state index contributed by atoms with van der Waals surface area (Å²) in [5.74, 6) is -3.78. The number of hydrogen-bond donors (Lipinski definition) is 2. The predicted molar refractivity (Wildman–Crippen MR) is 70.2 cm³/mol. The first kappa shape index (κ1) is 15.0. The number of hydrogen-bond acceptors (Lipinski definition) is 5. The van der Waals surface area contributed by atoms with E-state index < -0.39 is 23.5 Å². The Bertz CT molecular complexity index is 690. The Morgan fingerprint density at radius 2 is 2.00 bits per heavy atom. The smallest absolute Gasteiger partial charge is 0.303 e. The van der Waals surface area contributed by atoms with Crippen molar-refractivity contribution in [3.8, 4) is 0 Å². The van der Waals surface area contributed by atoms with Crippen molar-refractivity contribution in [2.75, 3.05) is 5.32 Å². The van der Waals surface area contributed by atoms with Crippen LogP contribution in [0.5, 0.6) is 0 Å². The first-order chi connectivity index (χ1) is 9.95. The summed E-state index contributed by atoms with van der Waals surface area (Å²) in [6, 6.07) is 2.76. The Labute approximate surface area is 121 Å². The average Bonchev–Trinajstić information content (AvgIpc) is 2.87. The van der Waals surface area contributed by atoms with Gasteiger partial charge in [0.2, 0.25) is 5.13 Å². The lowest BCUT2D eigenvalue weighted by Gasteiger charge is -2.01. The highest BCUT2D eigenvalue weighted by Crippen LogP contribution is 2.18. The van der Waals surface area contributed by atoms with Crippen LogP contribution < -0.4 is 5.32 Å². The number of rotatable bonds is 5. The van der Waals surface area contributed by atoms with Gasteiger partial charge in [0.25, 0.3) is 5.91 Å². The summed E-state index contributed by atoms with van der Waals surface area (Å²) in [6.07, 6.45) is 0.111. The number of anilines is 1. The van der Waals surface area contributed by atoms with Crippen LogP contribution in [0.3, 0.4) is 0 Å². The Hall–Kier alpha value is -2.42. The fourth-order valence-electron chi connectivity index (χ4n) is 1.43. The molecule has 0 spiro atoms. The number of carbonyl (C=O) groups is 2. The minimum Gasteiger partial charge on any atom is -0.481 e. The first-order valence-corrected chi connectivity index (χ1v) is 6.58. The van der Waals surface area contributed by atoms with Crippen molar-refractivity contribution >= 4 is 28.3 Å². The molecule has 0 saturated carbocycles. The van der Waals surface area contributed by atoms with Crippen LogP contribution in [0.2, 0.25) is 0 Å². The second-order valence-electron chi connectivity index (χ2n) is 3.98. The lowest BCUT2D eigenvalue weighted by molar-refractivity contribution is -0.136. The molecular weight excluding hydrogens is 304 g/mol. The van der Waals surface area contributed by atoms with Gasteiger partial charge in [-0.15, -0.1) is 10.2 Å². The maximum absolute atomic E-state index is 13.0. The molecule has 2 rings (SSSR count). The summed E-state index contributed by atoms with van der Waals surface area (Å²) in [6.45, 7) is 0. The molecule has 1 amide bonds. The Balaban J connectivity index is 2.02. The molecule has 6 nitrogen and oxygen atoms in total. The summed E-state index contributed by atoms with van der Waals surface area (Å²) < 4.78 is 25.8. The number of benzene rings is 1. The molecule has 0 atom stereocenters. The summed E-state index contributed by atoms with van der Waals surface area (Å²) in [4.78, 5) is 22.2. The lowest BCUT2D eigenvalue weighted by Crippen LogP contribution is -2.12. The number of carbonyl (C=O) groups excluding carboxylic acids is 1. The Morgan fingerprint density at radius 3 is 2.67 bits per heavy atom. The monoisotopic (exact) mass is 313 g/mol. The molecule has 21 heavy (non-hydrogen) atoms. The van der Waals surface area contributed by atoms with Crippen molar-refractivity contribution in [3.05, 3.63) is 40.4 Å². The van der Waals surface area contributed by atoms with Crippen molar-refractivity contribution in [2.24, 2.45) is 0 Å². The summed E-state index contributed by atoms with van der Waals surface area (Å²) in [7, 11) is 0. The van der Waals surface area contributed by atoms with E-state index in [1.165, 1.54) is 0 Å². The fraction of sp³-hybridized carbons (Fsp3) is 0.167. The molecule has 110 valence electrons. The molecule has 9 heteroatoms. The van der Waals surface area contributed by atoms with Gasteiger partial charge in [0, 0.05) is 12.0 Å². The topological polar surface area (TPSA) is 92.2 Å². The van der Waals surface area contributed by atoms with E-state index in [-0.39, 0.29) is 23.5 Å². The third-order valence-electron chi connectivity index (χ3n) is 2.42. The summed E-state index contributed by atoms with van der Waals surface area (Å²) in [5.41, 5.74) is -0.0591. The van der Waals surface area contributed by atoms with Gasteiger partial charge >= 0.3 is 5.97 Å². The standard InChI is InChI=1S/C12H9F2N3O3S/c13-7-2-1-6(5-8(7)14)11(20)15-12-17-16-9(21-12)3-4-10(18)19/h1-2,5H,3-4H2,(H,18,19)(H,15,17,20). The number of halogens is 2. The molecule has 1 heterocycles. The average molecular weight is 313 g/mol. The van der Waals surface area contributed by atoms with Crippen LogP contribution >= 0.6 is 11.3 Å². The second-order valence-corrected chi connectivity index (χ2v) is 5.04. The van der Waals surface area contributed by atoms with Crippen LogP contribution in [0.25, 0.3) is 0 Å². The van der Waals surface area contributed by atoms with E-state index in [0.29, 0.717) is 5.01 Å². The number of nitrogens with one attached hydrogen (secondary N) is 1.